The number of aryl methyl sites for hydroxylation is 1. The average Bonchev–Trinajstić information content (AvgIpc) is 2.46. The Balaban J connectivity index is 2.27. The van der Waals surface area contributed by atoms with Crippen molar-refractivity contribution in [2.75, 3.05) is 6.61 Å². The van der Waals surface area contributed by atoms with Crippen molar-refractivity contribution in [2.45, 2.75) is 26.3 Å². The fourth-order valence-electron chi connectivity index (χ4n) is 1.88. The number of nitrogens with zero attached hydrogens (tertiary/aromatic N) is 3. The van der Waals surface area contributed by atoms with Crippen molar-refractivity contribution in [2.24, 2.45) is 5.84 Å². The minimum Gasteiger partial charge on any atom is -0.492 e. The fraction of sp³-hybridized carbons (Fsp3) is 0.357. The van der Waals surface area contributed by atoms with Gasteiger partial charge < -0.3 is 4.74 Å². The van der Waals surface area contributed by atoms with Crippen LogP contribution in [0.15, 0.2) is 30.7 Å². The van der Waals surface area contributed by atoms with Gasteiger partial charge in [0, 0.05) is 12.4 Å². The van der Waals surface area contributed by atoms with Crippen molar-refractivity contribution in [1.29, 1.82) is 0 Å². The van der Waals surface area contributed by atoms with E-state index in [0.29, 0.717) is 12.4 Å². The van der Waals surface area contributed by atoms with Crippen LogP contribution in [0.3, 0.4) is 0 Å². The summed E-state index contributed by atoms with van der Waals surface area (Å²) >= 11 is 0. The first-order chi connectivity index (χ1) is 9.74. The molecule has 1 unspecified atom stereocenters. The molecule has 106 valence electrons. The van der Waals surface area contributed by atoms with E-state index in [0.717, 1.165) is 23.4 Å². The molecule has 3 N–H and O–H groups in total. The number of hydrazine groups is 1. The fourth-order valence-corrected chi connectivity index (χ4v) is 1.88. The third-order valence-electron chi connectivity index (χ3n) is 2.80. The van der Waals surface area contributed by atoms with Crippen LogP contribution in [-0.2, 0) is 0 Å². The van der Waals surface area contributed by atoms with Gasteiger partial charge in [0.25, 0.3) is 0 Å². The predicted molar refractivity (Wildman–Crippen MR) is 76.0 cm³/mol. The summed E-state index contributed by atoms with van der Waals surface area (Å²) in [5.74, 6) is 7.09. The Kier molecular flexibility index (Phi) is 4.97. The molecule has 6 heteroatoms. The second-order valence-corrected chi connectivity index (χ2v) is 4.43. The summed E-state index contributed by atoms with van der Waals surface area (Å²) in [5, 5.41) is 0. The molecular weight excluding hydrogens is 254 g/mol. The normalized spacial score (nSPS) is 12.2. The van der Waals surface area contributed by atoms with Crippen LogP contribution in [0.1, 0.15) is 36.5 Å². The van der Waals surface area contributed by atoms with Gasteiger partial charge >= 0.3 is 0 Å². The monoisotopic (exact) mass is 273 g/mol. The van der Waals surface area contributed by atoms with Gasteiger partial charge in [-0.1, -0.05) is 6.92 Å². The molecule has 0 aliphatic rings. The quantitative estimate of drug-likeness (QED) is 0.613. The van der Waals surface area contributed by atoms with Crippen LogP contribution >= 0.6 is 0 Å². The summed E-state index contributed by atoms with van der Waals surface area (Å²) in [5.41, 5.74) is 4.46. The first kappa shape index (κ1) is 14.4. The zero-order valence-electron chi connectivity index (χ0n) is 11.7. The number of nitrogens with one attached hydrogen (secondary N) is 1. The summed E-state index contributed by atoms with van der Waals surface area (Å²) in [6.07, 6.45) is 6.11. The molecule has 6 nitrogen and oxygen atoms in total. The topological polar surface area (TPSA) is 86.0 Å². The SMILES string of the molecule is CCCOc1cncc(C(NN)c2ccnc(C)n2)c1. The van der Waals surface area contributed by atoms with Gasteiger partial charge in [-0.05, 0) is 31.0 Å². The van der Waals surface area contributed by atoms with Crippen LogP contribution in [0.25, 0.3) is 0 Å². The van der Waals surface area contributed by atoms with E-state index in [2.05, 4.69) is 27.3 Å². The molecule has 1 atom stereocenters. The van der Waals surface area contributed by atoms with Crippen molar-refractivity contribution >= 4 is 0 Å². The van der Waals surface area contributed by atoms with Gasteiger partial charge in [0.15, 0.2) is 0 Å². The summed E-state index contributed by atoms with van der Waals surface area (Å²) in [6, 6.07) is 3.51. The Bertz CT molecular complexity index is 561. The van der Waals surface area contributed by atoms with E-state index in [9.17, 15) is 0 Å². The molecule has 0 aromatic carbocycles. The molecule has 0 spiro atoms. The van der Waals surface area contributed by atoms with Gasteiger partial charge in [-0.2, -0.15) is 0 Å². The highest BCUT2D eigenvalue weighted by Gasteiger charge is 2.15. The smallest absolute Gasteiger partial charge is 0.137 e. The molecule has 0 saturated carbocycles. The molecular formula is C14H19N5O. The maximum atomic E-state index is 5.66. The van der Waals surface area contributed by atoms with Crippen LogP contribution < -0.4 is 16.0 Å². The van der Waals surface area contributed by atoms with Crippen molar-refractivity contribution in [3.05, 3.63) is 47.8 Å². The van der Waals surface area contributed by atoms with Crippen LogP contribution in [-0.4, -0.2) is 21.6 Å². The van der Waals surface area contributed by atoms with Crippen molar-refractivity contribution in [1.82, 2.24) is 20.4 Å². The van der Waals surface area contributed by atoms with E-state index in [1.807, 2.05) is 19.1 Å². The summed E-state index contributed by atoms with van der Waals surface area (Å²) < 4.78 is 5.59. The van der Waals surface area contributed by atoms with Gasteiger partial charge in [0.2, 0.25) is 0 Å². The highest BCUT2D eigenvalue weighted by molar-refractivity contribution is 5.31. The molecule has 0 aliphatic heterocycles. The molecule has 2 heterocycles. The molecule has 0 fully saturated rings. The lowest BCUT2D eigenvalue weighted by molar-refractivity contribution is 0.315. The van der Waals surface area contributed by atoms with E-state index >= 15 is 0 Å². The lowest BCUT2D eigenvalue weighted by atomic mass is 10.1. The molecule has 0 amide bonds. The number of rotatable bonds is 6. The van der Waals surface area contributed by atoms with E-state index < -0.39 is 0 Å². The largest absolute Gasteiger partial charge is 0.492 e. The van der Waals surface area contributed by atoms with Gasteiger partial charge in [-0.3, -0.25) is 10.8 Å². The number of nitrogens with two attached hydrogens (primary N) is 1. The van der Waals surface area contributed by atoms with E-state index in [4.69, 9.17) is 10.6 Å². The third-order valence-corrected chi connectivity index (χ3v) is 2.80. The van der Waals surface area contributed by atoms with Gasteiger partial charge in [0.1, 0.15) is 11.6 Å². The van der Waals surface area contributed by atoms with Gasteiger partial charge in [-0.15, -0.1) is 0 Å². The summed E-state index contributed by atoms with van der Waals surface area (Å²) in [6.45, 7) is 4.57. The van der Waals surface area contributed by atoms with E-state index in [1.165, 1.54) is 0 Å². The molecule has 2 rings (SSSR count). The van der Waals surface area contributed by atoms with Crippen molar-refractivity contribution in [3.63, 3.8) is 0 Å². The maximum absolute atomic E-state index is 5.66. The molecule has 0 radical (unpaired) electrons. The first-order valence-corrected chi connectivity index (χ1v) is 6.58. The Morgan fingerprint density at radius 3 is 2.95 bits per heavy atom. The van der Waals surface area contributed by atoms with E-state index in [-0.39, 0.29) is 6.04 Å². The minimum atomic E-state index is -0.241. The molecule has 20 heavy (non-hydrogen) atoms. The molecule has 0 bridgehead atoms. The highest BCUT2D eigenvalue weighted by Crippen LogP contribution is 2.22. The predicted octanol–water partition coefficient (Wildman–Crippen LogP) is 1.52. The average molecular weight is 273 g/mol. The summed E-state index contributed by atoms with van der Waals surface area (Å²) in [4.78, 5) is 12.7. The molecule has 0 aliphatic carbocycles. The number of hydrogen-bond donors (Lipinski definition) is 2. The van der Waals surface area contributed by atoms with Crippen LogP contribution in [0.5, 0.6) is 5.75 Å². The van der Waals surface area contributed by atoms with Gasteiger partial charge in [-0.25, -0.2) is 15.4 Å². The molecule has 2 aromatic heterocycles. The first-order valence-electron chi connectivity index (χ1n) is 6.58. The Morgan fingerprint density at radius 2 is 2.25 bits per heavy atom. The lowest BCUT2D eigenvalue weighted by Gasteiger charge is -2.16. The molecule has 2 aromatic rings. The standard InChI is InChI=1S/C14H19N5O/c1-3-6-20-12-7-11(8-16-9-12)14(19-15)13-4-5-17-10(2)18-13/h4-5,7-9,14,19H,3,6,15H2,1-2H3. The number of hydrogen-bond acceptors (Lipinski definition) is 6. The van der Waals surface area contributed by atoms with Gasteiger partial charge in [0.05, 0.1) is 24.5 Å². The van der Waals surface area contributed by atoms with Crippen molar-refractivity contribution in [3.8, 4) is 5.75 Å². The van der Waals surface area contributed by atoms with Crippen LogP contribution in [0.2, 0.25) is 0 Å². The minimum absolute atomic E-state index is 0.241. The van der Waals surface area contributed by atoms with Crippen LogP contribution in [0.4, 0.5) is 0 Å². The Morgan fingerprint density at radius 1 is 1.40 bits per heavy atom. The number of ether oxygens (including phenoxy) is 1. The lowest BCUT2D eigenvalue weighted by Crippen LogP contribution is -2.29. The van der Waals surface area contributed by atoms with E-state index in [1.54, 1.807) is 18.6 Å². The maximum Gasteiger partial charge on any atom is 0.137 e. The second-order valence-electron chi connectivity index (χ2n) is 4.43. The zero-order chi connectivity index (χ0) is 14.4. The van der Waals surface area contributed by atoms with Crippen molar-refractivity contribution < 1.29 is 4.74 Å². The Hall–Kier alpha value is -2.05. The number of aromatic nitrogens is 3. The number of pyridine rings is 1. The second kappa shape index (κ2) is 6.93. The Labute approximate surface area is 118 Å². The van der Waals surface area contributed by atoms with Crippen LogP contribution in [0, 0.1) is 6.92 Å². The highest BCUT2D eigenvalue weighted by atomic mass is 16.5. The summed E-state index contributed by atoms with van der Waals surface area (Å²) in [7, 11) is 0. The zero-order valence-corrected chi connectivity index (χ0v) is 11.7. The molecule has 0 saturated heterocycles. The third kappa shape index (κ3) is 3.49.